The van der Waals surface area contributed by atoms with Crippen LogP contribution in [0.15, 0.2) is 0 Å². The lowest BCUT2D eigenvalue weighted by Gasteiger charge is -2.38. The molecule has 0 aromatic carbocycles. The highest BCUT2D eigenvalue weighted by atomic mass is 19.3. The lowest BCUT2D eigenvalue weighted by atomic mass is 9.73. The molecule has 3 aliphatic rings. The first kappa shape index (κ1) is 17.6. The van der Waals surface area contributed by atoms with E-state index in [-0.39, 0.29) is 6.10 Å². The Morgan fingerprint density at radius 1 is 0.696 bits per heavy atom. The summed E-state index contributed by atoms with van der Waals surface area (Å²) in [5, 5.41) is 9.48. The summed E-state index contributed by atoms with van der Waals surface area (Å²) in [4.78, 5) is 0. The van der Waals surface area contributed by atoms with E-state index in [1.165, 1.54) is 32.1 Å². The fourth-order valence-electron chi connectivity index (χ4n) is 5.01. The highest BCUT2D eigenvalue weighted by Gasteiger charge is 2.45. The van der Waals surface area contributed by atoms with Crippen LogP contribution in [-0.2, 0) is 4.74 Å². The molecule has 0 bridgehead atoms. The molecule has 0 radical (unpaired) electrons. The summed E-state index contributed by atoms with van der Waals surface area (Å²) >= 11 is 0. The minimum Gasteiger partial charge on any atom is -0.393 e. The quantitative estimate of drug-likeness (QED) is 0.759. The van der Waals surface area contributed by atoms with Crippen LogP contribution in [0, 0.1) is 17.8 Å². The predicted octanol–water partition coefficient (Wildman–Crippen LogP) is 5.29. The summed E-state index contributed by atoms with van der Waals surface area (Å²) in [5.74, 6) is 0.876. The van der Waals surface area contributed by atoms with E-state index in [1.54, 1.807) is 0 Å². The second-order valence-electron chi connectivity index (χ2n) is 8.12. The molecule has 0 spiro atoms. The van der Waals surface area contributed by atoms with Gasteiger partial charge in [-0.1, -0.05) is 32.1 Å². The summed E-state index contributed by atoms with van der Waals surface area (Å²) in [7, 11) is 0. The van der Waals surface area contributed by atoms with Gasteiger partial charge in [0.05, 0.1) is 18.1 Å². The molecule has 3 saturated carbocycles. The lowest BCUT2D eigenvalue weighted by Crippen LogP contribution is -2.40. The molecule has 0 unspecified atom stereocenters. The molecule has 4 heteroatoms. The second kappa shape index (κ2) is 7.77. The van der Waals surface area contributed by atoms with Crippen molar-refractivity contribution >= 4 is 0 Å². The van der Waals surface area contributed by atoms with E-state index < -0.39 is 18.1 Å². The van der Waals surface area contributed by atoms with Crippen molar-refractivity contribution in [1.29, 1.82) is 0 Å². The Hall–Kier alpha value is -0.220. The van der Waals surface area contributed by atoms with Gasteiger partial charge in [-0.2, -0.15) is 8.78 Å². The maximum absolute atomic E-state index is 14.4. The molecule has 3 aliphatic carbocycles. The van der Waals surface area contributed by atoms with Gasteiger partial charge in [-0.15, -0.1) is 0 Å². The van der Waals surface area contributed by atoms with Crippen molar-refractivity contribution < 1.29 is 18.6 Å². The van der Waals surface area contributed by atoms with Crippen molar-refractivity contribution in [2.75, 3.05) is 0 Å². The summed E-state index contributed by atoms with van der Waals surface area (Å²) in [6.45, 7) is 0. The van der Waals surface area contributed by atoms with Crippen molar-refractivity contribution in [3.05, 3.63) is 0 Å². The molecule has 0 amide bonds. The second-order valence-corrected chi connectivity index (χ2v) is 8.12. The van der Waals surface area contributed by atoms with Crippen LogP contribution in [0.1, 0.15) is 83.5 Å². The van der Waals surface area contributed by atoms with Crippen molar-refractivity contribution in [2.45, 2.75) is 102 Å². The van der Waals surface area contributed by atoms with Crippen LogP contribution < -0.4 is 0 Å². The molecule has 0 atom stereocenters. The Kier molecular flexibility index (Phi) is 5.95. The van der Waals surface area contributed by atoms with E-state index in [1.807, 2.05) is 0 Å². The lowest BCUT2D eigenvalue weighted by molar-refractivity contribution is -0.302. The molecule has 2 nitrogen and oxygen atoms in total. The standard InChI is InChI=1S/C19H32F2O2/c20-19(21,16-8-10-17(22)11-9-16)23-18-12-6-15(7-13-18)14-4-2-1-3-5-14/h14-18,22H,1-13H2. The number of hydrogen-bond acceptors (Lipinski definition) is 2. The minimum atomic E-state index is -3.01. The van der Waals surface area contributed by atoms with Gasteiger partial charge in [0.25, 0.3) is 0 Å². The zero-order valence-electron chi connectivity index (χ0n) is 14.2. The fourth-order valence-corrected chi connectivity index (χ4v) is 5.01. The third-order valence-corrected chi connectivity index (χ3v) is 6.53. The van der Waals surface area contributed by atoms with Gasteiger partial charge in [0, 0.05) is 0 Å². The van der Waals surface area contributed by atoms with Gasteiger partial charge in [-0.25, -0.2) is 0 Å². The predicted molar refractivity (Wildman–Crippen MR) is 86.3 cm³/mol. The Morgan fingerprint density at radius 3 is 1.87 bits per heavy atom. The van der Waals surface area contributed by atoms with Crippen LogP contribution in [0.5, 0.6) is 0 Å². The normalized spacial score (nSPS) is 37.7. The maximum atomic E-state index is 14.4. The first-order chi connectivity index (χ1) is 11.0. The van der Waals surface area contributed by atoms with E-state index >= 15 is 0 Å². The number of rotatable bonds is 4. The van der Waals surface area contributed by atoms with E-state index in [2.05, 4.69) is 0 Å². The zero-order chi connectivity index (χ0) is 16.3. The van der Waals surface area contributed by atoms with Crippen LogP contribution in [0.3, 0.4) is 0 Å². The Labute approximate surface area is 139 Å². The van der Waals surface area contributed by atoms with Crippen molar-refractivity contribution in [1.82, 2.24) is 0 Å². The average Bonchev–Trinajstić information content (AvgIpc) is 2.56. The highest BCUT2D eigenvalue weighted by molar-refractivity contribution is 4.83. The monoisotopic (exact) mass is 330 g/mol. The van der Waals surface area contributed by atoms with Gasteiger partial charge >= 0.3 is 6.11 Å². The van der Waals surface area contributed by atoms with Crippen LogP contribution in [0.25, 0.3) is 0 Å². The van der Waals surface area contributed by atoms with Gasteiger partial charge in [-0.05, 0) is 63.2 Å². The zero-order valence-corrected chi connectivity index (χ0v) is 14.2. The third kappa shape index (κ3) is 4.66. The largest absolute Gasteiger partial charge is 0.393 e. The van der Waals surface area contributed by atoms with Crippen LogP contribution in [-0.4, -0.2) is 23.4 Å². The number of hydrogen-bond donors (Lipinski definition) is 1. The third-order valence-electron chi connectivity index (χ3n) is 6.53. The van der Waals surface area contributed by atoms with E-state index in [9.17, 15) is 13.9 Å². The summed E-state index contributed by atoms with van der Waals surface area (Å²) < 4.78 is 34.0. The Balaban J connectivity index is 1.44. The molecule has 3 fully saturated rings. The molecule has 3 rings (SSSR count). The maximum Gasteiger partial charge on any atom is 0.358 e. The van der Waals surface area contributed by atoms with Crippen molar-refractivity contribution in [3.8, 4) is 0 Å². The first-order valence-electron chi connectivity index (χ1n) is 9.78. The van der Waals surface area contributed by atoms with Crippen LogP contribution in [0.4, 0.5) is 8.78 Å². The molecule has 0 aromatic rings. The first-order valence-corrected chi connectivity index (χ1v) is 9.78. The number of aliphatic hydroxyl groups excluding tert-OH is 1. The van der Waals surface area contributed by atoms with Gasteiger partial charge in [0.2, 0.25) is 0 Å². The van der Waals surface area contributed by atoms with E-state index in [4.69, 9.17) is 4.74 Å². The molecule has 0 aromatic heterocycles. The summed E-state index contributed by atoms with van der Waals surface area (Å²) in [6.07, 6.45) is 8.55. The summed E-state index contributed by atoms with van der Waals surface area (Å²) in [5.41, 5.74) is 0. The molecule has 0 saturated heterocycles. The van der Waals surface area contributed by atoms with E-state index in [0.717, 1.165) is 37.5 Å². The van der Waals surface area contributed by atoms with Crippen LogP contribution in [0.2, 0.25) is 0 Å². The molecule has 1 N–H and O–H groups in total. The molecular weight excluding hydrogens is 298 g/mol. The molecule has 134 valence electrons. The fraction of sp³-hybridized carbons (Fsp3) is 1.00. The average molecular weight is 330 g/mol. The number of halogens is 2. The molecule has 23 heavy (non-hydrogen) atoms. The van der Waals surface area contributed by atoms with Crippen molar-refractivity contribution in [2.24, 2.45) is 17.8 Å². The number of ether oxygens (including phenoxy) is 1. The summed E-state index contributed by atoms with van der Waals surface area (Å²) in [6, 6.07) is 0. The van der Waals surface area contributed by atoms with Gasteiger partial charge in [0.1, 0.15) is 0 Å². The van der Waals surface area contributed by atoms with Gasteiger partial charge in [0.15, 0.2) is 0 Å². The van der Waals surface area contributed by atoms with Crippen LogP contribution >= 0.6 is 0 Å². The molecule has 0 aliphatic heterocycles. The smallest absolute Gasteiger partial charge is 0.358 e. The van der Waals surface area contributed by atoms with Crippen molar-refractivity contribution in [3.63, 3.8) is 0 Å². The number of alkyl halides is 2. The highest BCUT2D eigenvalue weighted by Crippen LogP contribution is 2.43. The molecule has 0 heterocycles. The Bertz CT molecular complexity index is 352. The molecular formula is C19H32F2O2. The topological polar surface area (TPSA) is 29.5 Å². The van der Waals surface area contributed by atoms with E-state index in [0.29, 0.717) is 25.7 Å². The van der Waals surface area contributed by atoms with Gasteiger partial charge in [-0.3, -0.25) is 0 Å². The SMILES string of the molecule is OC1CCC(C(F)(F)OC2CCC(C3CCCCC3)CC2)CC1. The Morgan fingerprint density at radius 2 is 1.26 bits per heavy atom. The number of aliphatic hydroxyl groups is 1. The van der Waals surface area contributed by atoms with Gasteiger partial charge < -0.3 is 9.84 Å². The minimum absolute atomic E-state index is 0.267.